The third kappa shape index (κ3) is 3.56. The molecule has 0 saturated carbocycles. The van der Waals surface area contributed by atoms with E-state index in [1.165, 1.54) is 12.1 Å². The first-order valence-electron chi connectivity index (χ1n) is 9.65. The summed E-state index contributed by atoms with van der Waals surface area (Å²) >= 11 is 0. The van der Waals surface area contributed by atoms with Gasteiger partial charge in [0, 0.05) is 42.5 Å². The molecule has 146 valence electrons. The molecule has 0 radical (unpaired) electrons. The second kappa shape index (κ2) is 7.58. The predicted molar refractivity (Wildman–Crippen MR) is 104 cm³/mol. The van der Waals surface area contributed by atoms with Crippen molar-refractivity contribution in [1.82, 2.24) is 24.9 Å². The summed E-state index contributed by atoms with van der Waals surface area (Å²) in [5.74, 6) is 0.0375. The van der Waals surface area contributed by atoms with E-state index in [0.717, 1.165) is 29.7 Å². The quantitative estimate of drug-likeness (QED) is 0.742. The number of nitrogens with zero attached hydrogens (tertiary/aromatic N) is 4. The average molecular weight is 381 g/mol. The zero-order valence-corrected chi connectivity index (χ0v) is 16.1. The maximum Gasteiger partial charge on any atom is 0.257 e. The Bertz CT molecular complexity index is 969. The van der Waals surface area contributed by atoms with E-state index in [4.69, 9.17) is 0 Å². The van der Waals surface area contributed by atoms with Crippen LogP contribution in [0.15, 0.2) is 42.9 Å². The van der Waals surface area contributed by atoms with Crippen LogP contribution in [0.5, 0.6) is 0 Å². The molecule has 0 aliphatic carbocycles. The van der Waals surface area contributed by atoms with Gasteiger partial charge >= 0.3 is 0 Å². The van der Waals surface area contributed by atoms with E-state index >= 15 is 0 Å². The highest BCUT2D eigenvalue weighted by Gasteiger charge is 2.28. The summed E-state index contributed by atoms with van der Waals surface area (Å²) in [5.41, 5.74) is 3.41. The van der Waals surface area contributed by atoms with Gasteiger partial charge in [0.25, 0.3) is 5.91 Å². The van der Waals surface area contributed by atoms with Crippen molar-refractivity contribution >= 4 is 5.91 Å². The summed E-state index contributed by atoms with van der Waals surface area (Å²) in [6.45, 7) is 5.43. The number of H-pyrrole nitrogens is 1. The first kappa shape index (κ1) is 18.4. The number of halogens is 1. The molecule has 28 heavy (non-hydrogen) atoms. The number of aromatic nitrogens is 4. The summed E-state index contributed by atoms with van der Waals surface area (Å²) in [6, 6.07) is 6.80. The number of piperidine rings is 1. The van der Waals surface area contributed by atoms with E-state index in [9.17, 15) is 9.18 Å². The summed E-state index contributed by atoms with van der Waals surface area (Å²) in [6.07, 6.45) is 6.90. The van der Waals surface area contributed by atoms with Crippen molar-refractivity contribution < 1.29 is 9.18 Å². The van der Waals surface area contributed by atoms with Crippen molar-refractivity contribution in [1.29, 1.82) is 0 Å². The number of aromatic amines is 1. The van der Waals surface area contributed by atoms with E-state index in [-0.39, 0.29) is 23.7 Å². The van der Waals surface area contributed by atoms with Crippen molar-refractivity contribution in [2.75, 3.05) is 13.1 Å². The molecular weight excluding hydrogens is 357 g/mol. The van der Waals surface area contributed by atoms with Crippen LogP contribution in [0.1, 0.15) is 54.7 Å². The van der Waals surface area contributed by atoms with Gasteiger partial charge in [-0.2, -0.15) is 10.2 Å². The molecule has 3 heterocycles. The minimum absolute atomic E-state index is 0.0281. The molecule has 1 saturated heterocycles. The SMILES string of the molecule is CC(C)n1cc(C(=O)N2CCC(c3[nH]ncc3-c3cccc(F)c3)CC2)cn1. The Morgan fingerprint density at radius 3 is 2.71 bits per heavy atom. The van der Waals surface area contributed by atoms with Gasteiger partial charge in [0.05, 0.1) is 18.0 Å². The van der Waals surface area contributed by atoms with Gasteiger partial charge in [-0.25, -0.2) is 4.39 Å². The first-order chi connectivity index (χ1) is 13.5. The number of likely N-dealkylation sites (tertiary alicyclic amines) is 1. The molecule has 4 rings (SSSR count). The molecule has 0 bridgehead atoms. The molecule has 1 aliphatic rings. The highest BCUT2D eigenvalue weighted by atomic mass is 19.1. The second-order valence-corrected chi connectivity index (χ2v) is 7.58. The number of rotatable bonds is 4. The topological polar surface area (TPSA) is 66.8 Å². The molecule has 0 atom stereocenters. The number of amides is 1. The summed E-state index contributed by atoms with van der Waals surface area (Å²) < 4.78 is 15.4. The van der Waals surface area contributed by atoms with Gasteiger partial charge in [-0.15, -0.1) is 0 Å². The lowest BCUT2D eigenvalue weighted by Crippen LogP contribution is -2.38. The van der Waals surface area contributed by atoms with Crippen molar-refractivity contribution in [3.05, 3.63) is 59.9 Å². The fourth-order valence-corrected chi connectivity index (χ4v) is 3.78. The van der Waals surface area contributed by atoms with Gasteiger partial charge in [-0.3, -0.25) is 14.6 Å². The zero-order chi connectivity index (χ0) is 19.7. The Balaban J connectivity index is 1.45. The van der Waals surface area contributed by atoms with Crippen LogP contribution in [0.2, 0.25) is 0 Å². The monoisotopic (exact) mass is 381 g/mol. The van der Waals surface area contributed by atoms with Crippen molar-refractivity contribution in [3.8, 4) is 11.1 Å². The minimum Gasteiger partial charge on any atom is -0.339 e. The maximum atomic E-state index is 13.6. The van der Waals surface area contributed by atoms with Crippen molar-refractivity contribution in [2.24, 2.45) is 0 Å². The molecule has 1 amide bonds. The van der Waals surface area contributed by atoms with Crippen LogP contribution < -0.4 is 0 Å². The van der Waals surface area contributed by atoms with Crippen LogP contribution >= 0.6 is 0 Å². The lowest BCUT2D eigenvalue weighted by molar-refractivity contribution is 0.0712. The molecule has 1 fully saturated rings. The molecule has 1 N–H and O–H groups in total. The van der Waals surface area contributed by atoms with Crippen LogP contribution in [-0.2, 0) is 0 Å². The van der Waals surface area contributed by atoms with Gasteiger partial charge in [0.1, 0.15) is 5.82 Å². The molecular formula is C21H24FN5O. The van der Waals surface area contributed by atoms with Gasteiger partial charge in [0.2, 0.25) is 0 Å². The molecule has 7 heteroatoms. The van der Waals surface area contributed by atoms with E-state index < -0.39 is 0 Å². The number of nitrogens with one attached hydrogen (secondary N) is 1. The Hall–Kier alpha value is -2.96. The second-order valence-electron chi connectivity index (χ2n) is 7.58. The highest BCUT2D eigenvalue weighted by molar-refractivity contribution is 5.93. The third-order valence-electron chi connectivity index (χ3n) is 5.37. The molecule has 2 aromatic heterocycles. The van der Waals surface area contributed by atoms with Crippen molar-refractivity contribution in [2.45, 2.75) is 38.6 Å². The maximum absolute atomic E-state index is 13.6. The Labute approximate surface area is 163 Å². The molecule has 6 nitrogen and oxygen atoms in total. The standard InChI is InChI=1S/C21H24FN5O/c1-14(2)27-13-17(11-24-27)21(28)26-8-6-15(7-9-26)20-19(12-23-25-20)16-4-3-5-18(22)10-16/h3-5,10-15H,6-9H2,1-2H3,(H,23,25). The van der Waals surface area contributed by atoms with Crippen molar-refractivity contribution in [3.63, 3.8) is 0 Å². The summed E-state index contributed by atoms with van der Waals surface area (Å²) in [5, 5.41) is 11.5. The molecule has 1 aliphatic heterocycles. The van der Waals surface area contributed by atoms with Gasteiger partial charge in [-0.05, 0) is 44.4 Å². The molecule has 3 aromatic rings. The lowest BCUT2D eigenvalue weighted by atomic mass is 9.89. The van der Waals surface area contributed by atoms with Crippen LogP contribution in [0.25, 0.3) is 11.1 Å². The Morgan fingerprint density at radius 2 is 2.04 bits per heavy atom. The van der Waals surface area contributed by atoms with Crippen LogP contribution in [-0.4, -0.2) is 43.9 Å². The fourth-order valence-electron chi connectivity index (χ4n) is 3.78. The summed E-state index contributed by atoms with van der Waals surface area (Å²) in [7, 11) is 0. The largest absolute Gasteiger partial charge is 0.339 e. The van der Waals surface area contributed by atoms with Crippen LogP contribution in [0, 0.1) is 5.82 Å². The van der Waals surface area contributed by atoms with E-state index in [0.29, 0.717) is 18.7 Å². The molecule has 0 unspecified atom stereocenters. The van der Waals surface area contributed by atoms with Gasteiger partial charge in [0.15, 0.2) is 0 Å². The zero-order valence-electron chi connectivity index (χ0n) is 16.1. The number of hydrogen-bond acceptors (Lipinski definition) is 3. The molecule has 0 spiro atoms. The predicted octanol–water partition coefficient (Wildman–Crippen LogP) is 4.01. The minimum atomic E-state index is -0.257. The number of benzene rings is 1. The van der Waals surface area contributed by atoms with Gasteiger partial charge in [-0.1, -0.05) is 12.1 Å². The van der Waals surface area contributed by atoms with E-state index in [2.05, 4.69) is 15.3 Å². The van der Waals surface area contributed by atoms with Crippen LogP contribution in [0.4, 0.5) is 4.39 Å². The Kier molecular flexibility index (Phi) is 4.98. The smallest absolute Gasteiger partial charge is 0.257 e. The number of carbonyl (C=O) groups is 1. The summed E-state index contributed by atoms with van der Waals surface area (Å²) in [4.78, 5) is 14.7. The Morgan fingerprint density at radius 1 is 1.25 bits per heavy atom. The van der Waals surface area contributed by atoms with Gasteiger partial charge < -0.3 is 4.90 Å². The molecule has 1 aromatic carbocycles. The fraction of sp³-hybridized carbons (Fsp3) is 0.381. The average Bonchev–Trinajstić information content (AvgIpc) is 3.37. The van der Waals surface area contributed by atoms with E-state index in [1.54, 1.807) is 23.1 Å². The number of hydrogen-bond donors (Lipinski definition) is 1. The normalized spacial score (nSPS) is 15.4. The highest BCUT2D eigenvalue weighted by Crippen LogP contribution is 2.34. The number of carbonyl (C=O) groups excluding carboxylic acids is 1. The first-order valence-corrected chi connectivity index (χ1v) is 9.65. The third-order valence-corrected chi connectivity index (χ3v) is 5.37. The van der Waals surface area contributed by atoms with E-state index in [1.807, 2.05) is 31.0 Å². The van der Waals surface area contributed by atoms with Crippen LogP contribution in [0.3, 0.4) is 0 Å². The lowest BCUT2D eigenvalue weighted by Gasteiger charge is -2.31.